The highest BCUT2D eigenvalue weighted by Crippen LogP contribution is 2.01. The molecule has 0 bridgehead atoms. The summed E-state index contributed by atoms with van der Waals surface area (Å²) in [5.74, 6) is -0.888. The Balaban J connectivity index is 3.40. The number of hydrogen-bond acceptors (Lipinski definition) is 2. The highest BCUT2D eigenvalue weighted by molar-refractivity contribution is 9.10. The van der Waals surface area contributed by atoms with Crippen molar-refractivity contribution in [1.82, 2.24) is 0 Å². The third-order valence-electron chi connectivity index (χ3n) is 0.844. The first kappa shape index (κ1) is 9.91. The molecule has 0 spiro atoms. The van der Waals surface area contributed by atoms with Crippen LogP contribution in [0.3, 0.4) is 0 Å². The molecule has 0 amide bonds. The molecule has 0 fully saturated rings. The molecule has 0 saturated heterocycles. The zero-order valence-corrected chi connectivity index (χ0v) is 7.59. The summed E-state index contributed by atoms with van der Waals surface area (Å²) >= 11 is 2.95. The van der Waals surface area contributed by atoms with Crippen molar-refractivity contribution in [2.45, 2.75) is 24.8 Å². The van der Waals surface area contributed by atoms with Gasteiger partial charge in [0.05, 0.1) is 12.7 Å². The topological polar surface area (TPSA) is 46.5 Å². The number of halogens is 1. The third-order valence-corrected chi connectivity index (χ3v) is 1.50. The molecule has 1 N–H and O–H groups in total. The summed E-state index contributed by atoms with van der Waals surface area (Å²) in [6.45, 7) is 3.94. The van der Waals surface area contributed by atoms with Crippen LogP contribution in [0, 0.1) is 0 Å². The maximum Gasteiger partial charge on any atom is 0.319 e. The molecule has 0 aliphatic carbocycles. The average Bonchev–Trinajstić information content (AvgIpc) is 1.82. The zero-order valence-electron chi connectivity index (χ0n) is 6.00. The average molecular weight is 211 g/mol. The lowest BCUT2D eigenvalue weighted by atomic mass is 10.4. The zero-order chi connectivity index (χ0) is 8.15. The van der Waals surface area contributed by atoms with Crippen molar-refractivity contribution in [2.24, 2.45) is 0 Å². The van der Waals surface area contributed by atoms with E-state index >= 15 is 0 Å². The van der Waals surface area contributed by atoms with Gasteiger partial charge in [-0.1, -0.05) is 15.9 Å². The second-order valence-corrected chi connectivity index (χ2v) is 3.29. The number of rotatable bonds is 4. The van der Waals surface area contributed by atoms with E-state index in [0.29, 0.717) is 0 Å². The number of carbonyl (C=O) groups is 1. The van der Waals surface area contributed by atoms with Crippen LogP contribution in [0.5, 0.6) is 0 Å². The molecule has 60 valence electrons. The predicted octanol–water partition coefficient (Wildman–Crippen LogP) is 1.26. The van der Waals surface area contributed by atoms with Crippen LogP contribution in [0.2, 0.25) is 0 Å². The Kier molecular flexibility index (Phi) is 4.64. The predicted molar refractivity (Wildman–Crippen MR) is 41.4 cm³/mol. The van der Waals surface area contributed by atoms with Crippen LogP contribution in [0.15, 0.2) is 0 Å². The van der Waals surface area contributed by atoms with Crippen molar-refractivity contribution >= 4 is 21.9 Å². The number of carboxylic acid groups (broad SMARTS) is 1. The fourth-order valence-corrected chi connectivity index (χ4v) is 0.501. The van der Waals surface area contributed by atoms with E-state index in [1.807, 2.05) is 13.8 Å². The first-order valence-electron chi connectivity index (χ1n) is 3.02. The van der Waals surface area contributed by atoms with E-state index in [0.717, 1.165) is 0 Å². The van der Waals surface area contributed by atoms with Gasteiger partial charge in [-0.3, -0.25) is 4.79 Å². The maximum absolute atomic E-state index is 10.2. The fourth-order valence-electron chi connectivity index (χ4n) is 0.348. The van der Waals surface area contributed by atoms with Gasteiger partial charge in [0.15, 0.2) is 0 Å². The molecule has 0 aromatic carbocycles. The van der Waals surface area contributed by atoms with E-state index in [4.69, 9.17) is 9.84 Å². The molecule has 1 unspecified atom stereocenters. The van der Waals surface area contributed by atoms with Gasteiger partial charge >= 0.3 is 5.97 Å². The smallest absolute Gasteiger partial charge is 0.319 e. The van der Waals surface area contributed by atoms with Gasteiger partial charge in [-0.25, -0.2) is 0 Å². The first-order valence-corrected chi connectivity index (χ1v) is 3.94. The largest absolute Gasteiger partial charge is 0.480 e. The minimum atomic E-state index is -0.888. The molecule has 0 saturated carbocycles. The second-order valence-electron chi connectivity index (χ2n) is 2.19. The van der Waals surface area contributed by atoms with Gasteiger partial charge in [0, 0.05) is 0 Å². The van der Waals surface area contributed by atoms with Crippen molar-refractivity contribution in [2.75, 3.05) is 6.61 Å². The van der Waals surface area contributed by atoms with Gasteiger partial charge < -0.3 is 9.84 Å². The first-order chi connectivity index (χ1) is 4.54. The van der Waals surface area contributed by atoms with Crippen LogP contribution < -0.4 is 0 Å². The Hall–Kier alpha value is -0.0900. The van der Waals surface area contributed by atoms with E-state index in [9.17, 15) is 4.79 Å². The van der Waals surface area contributed by atoms with Gasteiger partial charge in [-0.05, 0) is 13.8 Å². The fraction of sp³-hybridized carbons (Fsp3) is 0.833. The van der Waals surface area contributed by atoms with Crippen LogP contribution in [-0.2, 0) is 9.53 Å². The Morgan fingerprint density at radius 1 is 1.70 bits per heavy atom. The molecular formula is C6H11BrO3. The standard InChI is InChI=1S/C6H11BrO3/c1-4(2)10-3-5(7)6(8)9/h4-5H,3H2,1-2H3,(H,8,9). The van der Waals surface area contributed by atoms with Crippen LogP contribution >= 0.6 is 15.9 Å². The minimum absolute atomic E-state index is 0.0828. The highest BCUT2D eigenvalue weighted by Gasteiger charge is 2.12. The quantitative estimate of drug-likeness (QED) is 0.712. The minimum Gasteiger partial charge on any atom is -0.480 e. The molecule has 0 rings (SSSR count). The Labute approximate surface area is 68.5 Å². The Morgan fingerprint density at radius 2 is 2.20 bits per heavy atom. The number of aliphatic carboxylic acids is 1. The molecular weight excluding hydrogens is 200 g/mol. The summed E-state index contributed by atoms with van der Waals surface area (Å²) in [5, 5.41) is 8.37. The summed E-state index contributed by atoms with van der Waals surface area (Å²) < 4.78 is 5.04. The molecule has 0 aliphatic heterocycles. The van der Waals surface area contributed by atoms with Gasteiger partial charge in [0.25, 0.3) is 0 Å². The molecule has 0 aliphatic rings. The van der Waals surface area contributed by atoms with E-state index in [1.54, 1.807) is 0 Å². The molecule has 0 heterocycles. The van der Waals surface area contributed by atoms with Gasteiger partial charge in [0.1, 0.15) is 4.83 Å². The van der Waals surface area contributed by atoms with Crippen LogP contribution in [0.25, 0.3) is 0 Å². The SMILES string of the molecule is CC(C)OCC(Br)C(=O)O. The van der Waals surface area contributed by atoms with Crippen molar-refractivity contribution in [3.05, 3.63) is 0 Å². The van der Waals surface area contributed by atoms with Crippen molar-refractivity contribution in [1.29, 1.82) is 0 Å². The summed E-state index contributed by atoms with van der Waals surface area (Å²) in [6, 6.07) is 0. The van der Waals surface area contributed by atoms with E-state index in [1.165, 1.54) is 0 Å². The summed E-state index contributed by atoms with van der Waals surface area (Å²) in [4.78, 5) is 9.60. The normalized spacial score (nSPS) is 13.6. The van der Waals surface area contributed by atoms with E-state index in [-0.39, 0.29) is 12.7 Å². The number of hydrogen-bond donors (Lipinski definition) is 1. The van der Waals surface area contributed by atoms with E-state index in [2.05, 4.69) is 15.9 Å². The lowest BCUT2D eigenvalue weighted by molar-refractivity contribution is -0.137. The second kappa shape index (κ2) is 4.68. The summed E-state index contributed by atoms with van der Waals surface area (Å²) in [7, 11) is 0. The molecule has 0 radical (unpaired) electrons. The number of ether oxygens (including phenoxy) is 1. The van der Waals surface area contributed by atoms with Crippen molar-refractivity contribution in [3.63, 3.8) is 0 Å². The molecule has 10 heavy (non-hydrogen) atoms. The monoisotopic (exact) mass is 210 g/mol. The summed E-state index contributed by atoms with van der Waals surface area (Å²) in [6.07, 6.45) is 0.0828. The van der Waals surface area contributed by atoms with Crippen molar-refractivity contribution < 1.29 is 14.6 Å². The lowest BCUT2D eigenvalue weighted by Gasteiger charge is -2.08. The van der Waals surface area contributed by atoms with Crippen LogP contribution in [-0.4, -0.2) is 28.6 Å². The Bertz CT molecular complexity index is 114. The van der Waals surface area contributed by atoms with Gasteiger partial charge in [0.2, 0.25) is 0 Å². The number of alkyl halides is 1. The number of carboxylic acids is 1. The molecule has 1 atom stereocenters. The molecule has 0 aromatic heterocycles. The summed E-state index contributed by atoms with van der Waals surface area (Å²) in [5.41, 5.74) is 0. The van der Waals surface area contributed by atoms with Crippen LogP contribution in [0.1, 0.15) is 13.8 Å². The molecule has 3 nitrogen and oxygen atoms in total. The van der Waals surface area contributed by atoms with Crippen molar-refractivity contribution in [3.8, 4) is 0 Å². The maximum atomic E-state index is 10.2. The Morgan fingerprint density at radius 3 is 2.50 bits per heavy atom. The van der Waals surface area contributed by atoms with Gasteiger partial charge in [-0.15, -0.1) is 0 Å². The van der Waals surface area contributed by atoms with Gasteiger partial charge in [-0.2, -0.15) is 0 Å². The van der Waals surface area contributed by atoms with E-state index < -0.39 is 10.8 Å². The lowest BCUT2D eigenvalue weighted by Crippen LogP contribution is -2.21. The van der Waals surface area contributed by atoms with Crippen LogP contribution in [0.4, 0.5) is 0 Å². The third kappa shape index (κ3) is 4.76. The molecule has 0 aromatic rings. The highest BCUT2D eigenvalue weighted by atomic mass is 79.9. The molecule has 4 heteroatoms.